The van der Waals surface area contributed by atoms with Gasteiger partial charge in [-0.2, -0.15) is 5.26 Å². The van der Waals surface area contributed by atoms with E-state index in [0.29, 0.717) is 21.9 Å². The number of allylic oxidation sites excluding steroid dienone is 1. The standard InChI is InChI=1S/C17H13N5S2/c18-8-12-13(10-3-6-20-7-4-10)14(16(19)23)15(22-17(12)24)11-2-1-5-21-9-11/h1-7,9,13,22,24H,(H2,19,23)/p-1. The fraction of sp³-hybridized carbons (Fsp3) is 0.0588. The first-order valence-corrected chi connectivity index (χ1v) is 7.87. The van der Waals surface area contributed by atoms with Crippen molar-refractivity contribution in [2.24, 2.45) is 5.73 Å². The number of aromatic nitrogens is 2. The van der Waals surface area contributed by atoms with Crippen LogP contribution in [0.25, 0.3) is 5.70 Å². The summed E-state index contributed by atoms with van der Waals surface area (Å²) in [5.41, 5.74) is 9.42. The quantitative estimate of drug-likeness (QED) is 0.648. The molecular weight excluding hydrogens is 338 g/mol. The molecule has 2 aromatic heterocycles. The van der Waals surface area contributed by atoms with Gasteiger partial charge in [-0.1, -0.05) is 17.2 Å². The monoisotopic (exact) mass is 350 g/mol. The normalized spacial score (nSPS) is 17.2. The lowest BCUT2D eigenvalue weighted by Gasteiger charge is -2.34. The smallest absolute Gasteiger partial charge is 0.103 e. The van der Waals surface area contributed by atoms with E-state index in [9.17, 15) is 5.26 Å². The largest absolute Gasteiger partial charge is 0.761 e. The molecule has 1 aliphatic heterocycles. The van der Waals surface area contributed by atoms with Crippen LogP contribution in [0.15, 0.2) is 65.2 Å². The third-order valence-electron chi connectivity index (χ3n) is 3.71. The molecule has 5 nitrogen and oxygen atoms in total. The van der Waals surface area contributed by atoms with Gasteiger partial charge in [0, 0.05) is 47.4 Å². The van der Waals surface area contributed by atoms with Crippen LogP contribution < -0.4 is 11.1 Å². The van der Waals surface area contributed by atoms with Gasteiger partial charge >= 0.3 is 0 Å². The predicted octanol–water partition coefficient (Wildman–Crippen LogP) is 2.14. The highest BCUT2D eigenvalue weighted by molar-refractivity contribution is 7.80. The second-order valence-electron chi connectivity index (χ2n) is 5.09. The molecule has 1 unspecified atom stereocenters. The first kappa shape index (κ1) is 16.1. The molecule has 0 bridgehead atoms. The van der Waals surface area contributed by atoms with E-state index in [-0.39, 0.29) is 4.99 Å². The Balaban J connectivity index is 2.27. The second-order valence-corrected chi connectivity index (χ2v) is 5.94. The Morgan fingerprint density at radius 2 is 2.00 bits per heavy atom. The SMILES string of the molecule is N#CC1=C([S-])NC(c2cccnc2)=C(C(N)=S)C1c1ccncc1. The zero-order valence-electron chi connectivity index (χ0n) is 12.4. The Bertz CT molecular complexity index is 882. The summed E-state index contributed by atoms with van der Waals surface area (Å²) in [4.78, 5) is 8.37. The van der Waals surface area contributed by atoms with Crippen LogP contribution in [0.3, 0.4) is 0 Å². The summed E-state index contributed by atoms with van der Waals surface area (Å²) < 4.78 is 0. The van der Waals surface area contributed by atoms with E-state index >= 15 is 0 Å². The molecular formula is C17H12N5S2-. The molecule has 0 amide bonds. The average Bonchev–Trinajstić information content (AvgIpc) is 2.62. The van der Waals surface area contributed by atoms with Gasteiger partial charge in [-0.05, 0) is 29.8 Å². The van der Waals surface area contributed by atoms with Crippen LogP contribution in [0, 0.1) is 11.3 Å². The molecule has 3 rings (SSSR count). The number of nitrogens with two attached hydrogens (primary N) is 1. The van der Waals surface area contributed by atoms with E-state index in [0.717, 1.165) is 11.1 Å². The lowest BCUT2D eigenvalue weighted by Crippen LogP contribution is -2.30. The fourth-order valence-corrected chi connectivity index (χ4v) is 3.16. The molecule has 0 radical (unpaired) electrons. The molecule has 0 spiro atoms. The Labute approximate surface area is 150 Å². The fourth-order valence-electron chi connectivity index (χ4n) is 2.68. The molecule has 0 aromatic carbocycles. The molecule has 24 heavy (non-hydrogen) atoms. The molecule has 1 atom stereocenters. The average molecular weight is 350 g/mol. The molecule has 0 aliphatic carbocycles. The van der Waals surface area contributed by atoms with Gasteiger partial charge in [0.2, 0.25) is 0 Å². The Morgan fingerprint density at radius 3 is 2.58 bits per heavy atom. The molecule has 0 saturated carbocycles. The number of dihydropyridines is 1. The van der Waals surface area contributed by atoms with E-state index in [1.807, 2.05) is 24.3 Å². The number of pyridine rings is 2. The third-order valence-corrected chi connectivity index (χ3v) is 4.25. The molecule has 0 saturated heterocycles. The third kappa shape index (κ3) is 2.85. The summed E-state index contributed by atoms with van der Waals surface area (Å²) in [6, 6.07) is 9.54. The second kappa shape index (κ2) is 6.74. The van der Waals surface area contributed by atoms with E-state index in [1.54, 1.807) is 24.8 Å². The highest BCUT2D eigenvalue weighted by atomic mass is 32.1. The maximum absolute atomic E-state index is 9.60. The Morgan fingerprint density at radius 1 is 1.25 bits per heavy atom. The van der Waals surface area contributed by atoms with Crippen LogP contribution >= 0.6 is 12.2 Å². The van der Waals surface area contributed by atoms with Crippen LogP contribution in [0.4, 0.5) is 0 Å². The van der Waals surface area contributed by atoms with Gasteiger partial charge in [0.25, 0.3) is 0 Å². The zero-order valence-corrected chi connectivity index (χ0v) is 14.1. The maximum Gasteiger partial charge on any atom is 0.103 e. The number of nitrogens with zero attached hydrogens (tertiary/aromatic N) is 3. The number of nitriles is 1. The number of nitrogens with one attached hydrogen (secondary N) is 1. The first-order chi connectivity index (χ1) is 11.6. The van der Waals surface area contributed by atoms with E-state index < -0.39 is 5.92 Å². The highest BCUT2D eigenvalue weighted by Crippen LogP contribution is 2.39. The van der Waals surface area contributed by atoms with Crippen molar-refractivity contribution in [2.75, 3.05) is 0 Å². The van der Waals surface area contributed by atoms with Gasteiger partial charge in [-0.15, -0.1) is 0 Å². The number of rotatable bonds is 3. The predicted molar refractivity (Wildman–Crippen MR) is 98.1 cm³/mol. The maximum atomic E-state index is 9.60. The van der Waals surface area contributed by atoms with Crippen LogP contribution in [0.1, 0.15) is 17.0 Å². The van der Waals surface area contributed by atoms with Crippen molar-refractivity contribution in [2.45, 2.75) is 5.92 Å². The molecule has 0 fully saturated rings. The summed E-state index contributed by atoms with van der Waals surface area (Å²) >= 11 is 10.7. The van der Waals surface area contributed by atoms with Crippen LogP contribution in [-0.4, -0.2) is 15.0 Å². The molecule has 7 heteroatoms. The molecule has 2 aromatic rings. The summed E-state index contributed by atoms with van der Waals surface area (Å²) in [6.07, 6.45) is 6.70. The topological polar surface area (TPSA) is 87.6 Å². The van der Waals surface area contributed by atoms with E-state index in [2.05, 4.69) is 21.4 Å². The van der Waals surface area contributed by atoms with Gasteiger partial charge in [0.1, 0.15) is 4.99 Å². The summed E-state index contributed by atoms with van der Waals surface area (Å²) in [5, 5.41) is 13.1. The highest BCUT2D eigenvalue weighted by Gasteiger charge is 2.30. The molecule has 118 valence electrons. The minimum Gasteiger partial charge on any atom is -0.761 e. The van der Waals surface area contributed by atoms with Crippen LogP contribution in [-0.2, 0) is 12.6 Å². The number of hydrogen-bond acceptors (Lipinski definition) is 6. The van der Waals surface area contributed by atoms with Crippen LogP contribution in [0.5, 0.6) is 0 Å². The lowest BCUT2D eigenvalue weighted by molar-refractivity contribution is 0.921. The minimum absolute atomic E-state index is 0.207. The van der Waals surface area contributed by atoms with Crippen molar-refractivity contribution in [3.8, 4) is 6.07 Å². The van der Waals surface area contributed by atoms with Gasteiger partial charge in [0.15, 0.2) is 0 Å². The summed E-state index contributed by atoms with van der Waals surface area (Å²) in [6.45, 7) is 0. The first-order valence-electron chi connectivity index (χ1n) is 7.06. The van der Waals surface area contributed by atoms with Crippen molar-refractivity contribution in [1.82, 2.24) is 15.3 Å². The molecule has 3 N–H and O–H groups in total. The minimum atomic E-state index is -0.431. The van der Waals surface area contributed by atoms with Crippen LogP contribution in [0.2, 0.25) is 0 Å². The van der Waals surface area contributed by atoms with E-state index in [1.165, 1.54) is 0 Å². The Kier molecular flexibility index (Phi) is 4.51. The lowest BCUT2D eigenvalue weighted by atomic mass is 9.81. The van der Waals surface area contributed by atoms with Gasteiger partial charge in [-0.3, -0.25) is 9.97 Å². The van der Waals surface area contributed by atoms with Crippen molar-refractivity contribution in [1.29, 1.82) is 5.26 Å². The number of thiocarbonyl (C=S) groups is 1. The molecule has 3 heterocycles. The van der Waals surface area contributed by atoms with Crippen molar-refractivity contribution in [3.63, 3.8) is 0 Å². The van der Waals surface area contributed by atoms with Crippen molar-refractivity contribution in [3.05, 3.63) is 76.4 Å². The van der Waals surface area contributed by atoms with E-state index in [4.69, 9.17) is 30.6 Å². The van der Waals surface area contributed by atoms with Gasteiger partial charge < -0.3 is 23.7 Å². The van der Waals surface area contributed by atoms with Gasteiger partial charge in [0.05, 0.1) is 11.8 Å². The van der Waals surface area contributed by atoms with Crippen molar-refractivity contribution < 1.29 is 0 Å². The Hall–Kier alpha value is -2.82. The van der Waals surface area contributed by atoms with Crippen molar-refractivity contribution >= 4 is 35.5 Å². The summed E-state index contributed by atoms with van der Waals surface area (Å²) in [7, 11) is 0. The number of hydrogen-bond donors (Lipinski definition) is 2. The molecule has 1 aliphatic rings. The summed E-state index contributed by atoms with van der Waals surface area (Å²) in [5.74, 6) is -0.431. The van der Waals surface area contributed by atoms with Gasteiger partial charge in [-0.25, -0.2) is 0 Å². The zero-order chi connectivity index (χ0) is 17.1.